The zero-order chi connectivity index (χ0) is 19.4. The highest BCUT2D eigenvalue weighted by molar-refractivity contribution is 5.94. The summed E-state index contributed by atoms with van der Waals surface area (Å²) in [5.41, 5.74) is 2.05. The number of urea groups is 1. The van der Waals surface area contributed by atoms with Gasteiger partial charge in [0.1, 0.15) is 0 Å². The van der Waals surface area contributed by atoms with Crippen LogP contribution in [0.4, 0.5) is 10.5 Å². The zero-order valence-corrected chi connectivity index (χ0v) is 17.7. The Bertz CT molecular complexity index is 615. The van der Waals surface area contributed by atoms with Crippen molar-refractivity contribution >= 4 is 11.7 Å². The lowest BCUT2D eigenvalue weighted by Crippen LogP contribution is -2.47. The monoisotopic (exact) mass is 371 g/mol. The van der Waals surface area contributed by atoms with Gasteiger partial charge in [0.15, 0.2) is 0 Å². The second-order valence-corrected chi connectivity index (χ2v) is 9.48. The van der Waals surface area contributed by atoms with Crippen molar-refractivity contribution in [2.45, 2.75) is 90.5 Å². The summed E-state index contributed by atoms with van der Waals surface area (Å²) in [6, 6.07) is 4.40. The number of anilines is 1. The molecular formula is C23H37N3O. The summed E-state index contributed by atoms with van der Waals surface area (Å²) in [4.78, 5) is 21.7. The second kappa shape index (κ2) is 8.62. The molecule has 0 unspecified atom stereocenters. The van der Waals surface area contributed by atoms with Crippen molar-refractivity contribution in [1.29, 1.82) is 0 Å². The van der Waals surface area contributed by atoms with Crippen molar-refractivity contribution in [3.63, 3.8) is 0 Å². The first-order valence-corrected chi connectivity index (χ1v) is 10.9. The first-order chi connectivity index (χ1) is 12.9. The van der Waals surface area contributed by atoms with E-state index in [0.29, 0.717) is 11.8 Å². The van der Waals surface area contributed by atoms with Gasteiger partial charge in [0.05, 0.1) is 11.9 Å². The molecule has 0 radical (unpaired) electrons. The standard InChI is InChI=1S/C23H37N3O/c1-18(2)16-23(3,4)26-15-14-25(22(26)27)20-12-13-21(24-17-20)19-10-8-6-5-7-9-11-19/h12-13,17-19H,5-11,14-16H2,1-4H3. The molecule has 150 valence electrons. The second-order valence-electron chi connectivity index (χ2n) is 9.48. The summed E-state index contributed by atoms with van der Waals surface area (Å²) in [5.74, 6) is 1.17. The molecule has 1 saturated carbocycles. The molecule has 2 amide bonds. The van der Waals surface area contributed by atoms with Gasteiger partial charge in [-0.25, -0.2) is 4.79 Å². The molecule has 0 bridgehead atoms. The van der Waals surface area contributed by atoms with E-state index in [2.05, 4.69) is 39.8 Å². The van der Waals surface area contributed by atoms with E-state index in [1.807, 2.05) is 16.0 Å². The van der Waals surface area contributed by atoms with Gasteiger partial charge in [0.2, 0.25) is 0 Å². The van der Waals surface area contributed by atoms with Crippen LogP contribution in [0.2, 0.25) is 0 Å². The molecule has 1 aromatic heterocycles. The van der Waals surface area contributed by atoms with Crippen LogP contribution in [0.5, 0.6) is 0 Å². The van der Waals surface area contributed by atoms with Gasteiger partial charge >= 0.3 is 6.03 Å². The predicted molar refractivity (Wildman–Crippen MR) is 112 cm³/mol. The largest absolute Gasteiger partial charge is 0.325 e. The van der Waals surface area contributed by atoms with Crippen molar-refractivity contribution in [3.8, 4) is 0 Å². The van der Waals surface area contributed by atoms with Crippen molar-refractivity contribution in [2.24, 2.45) is 5.92 Å². The molecule has 0 spiro atoms. The zero-order valence-electron chi connectivity index (χ0n) is 17.7. The number of nitrogens with zero attached hydrogens (tertiary/aromatic N) is 3. The van der Waals surface area contributed by atoms with Gasteiger partial charge in [0.25, 0.3) is 0 Å². The maximum absolute atomic E-state index is 13.0. The fourth-order valence-electron chi connectivity index (χ4n) is 5.00. The SMILES string of the molecule is CC(C)CC(C)(C)N1CCN(c2ccc(C3CCCCCCC3)nc2)C1=O. The van der Waals surface area contributed by atoms with E-state index in [0.717, 1.165) is 25.2 Å². The molecular weight excluding hydrogens is 334 g/mol. The molecule has 1 aliphatic carbocycles. The molecule has 0 atom stereocenters. The number of aromatic nitrogens is 1. The highest BCUT2D eigenvalue weighted by atomic mass is 16.2. The van der Waals surface area contributed by atoms with E-state index in [9.17, 15) is 4.79 Å². The van der Waals surface area contributed by atoms with Gasteiger partial charge in [0, 0.05) is 30.2 Å². The van der Waals surface area contributed by atoms with Gasteiger partial charge in [-0.2, -0.15) is 0 Å². The van der Waals surface area contributed by atoms with Crippen LogP contribution in [-0.4, -0.2) is 34.5 Å². The summed E-state index contributed by atoms with van der Waals surface area (Å²) in [6.45, 7) is 10.4. The first-order valence-electron chi connectivity index (χ1n) is 10.9. The number of hydrogen-bond donors (Lipinski definition) is 0. The molecule has 4 heteroatoms. The minimum Gasteiger partial charge on any atom is -0.317 e. The van der Waals surface area contributed by atoms with E-state index in [1.54, 1.807) is 0 Å². The smallest absolute Gasteiger partial charge is 0.317 e. The van der Waals surface area contributed by atoms with Crippen molar-refractivity contribution in [3.05, 3.63) is 24.0 Å². The normalized spacial score (nSPS) is 20.3. The Morgan fingerprint density at radius 2 is 1.74 bits per heavy atom. The molecule has 0 N–H and O–H groups in total. The Labute approximate surface area is 165 Å². The number of carbonyl (C=O) groups excluding carboxylic acids is 1. The van der Waals surface area contributed by atoms with Crippen LogP contribution in [0.15, 0.2) is 18.3 Å². The molecule has 4 nitrogen and oxygen atoms in total. The molecule has 3 rings (SSSR count). The topological polar surface area (TPSA) is 36.4 Å². The van der Waals surface area contributed by atoms with Gasteiger partial charge in [-0.1, -0.05) is 46.0 Å². The van der Waals surface area contributed by atoms with Crippen LogP contribution in [0.1, 0.15) is 90.7 Å². The van der Waals surface area contributed by atoms with E-state index in [-0.39, 0.29) is 11.6 Å². The maximum Gasteiger partial charge on any atom is 0.325 e. The Morgan fingerprint density at radius 1 is 1.07 bits per heavy atom. The van der Waals surface area contributed by atoms with Crippen LogP contribution in [-0.2, 0) is 0 Å². The average molecular weight is 372 g/mol. The fourth-order valence-corrected chi connectivity index (χ4v) is 5.00. The third kappa shape index (κ3) is 4.83. The van der Waals surface area contributed by atoms with Crippen molar-refractivity contribution in [1.82, 2.24) is 9.88 Å². The van der Waals surface area contributed by atoms with Crippen LogP contribution in [0, 0.1) is 5.92 Å². The number of rotatable bonds is 5. The summed E-state index contributed by atoms with van der Waals surface area (Å²) >= 11 is 0. The Hall–Kier alpha value is -1.58. The summed E-state index contributed by atoms with van der Waals surface area (Å²) in [6.07, 6.45) is 12.2. The molecule has 1 aliphatic heterocycles. The lowest BCUT2D eigenvalue weighted by atomic mass is 9.88. The molecule has 1 aromatic rings. The van der Waals surface area contributed by atoms with E-state index in [4.69, 9.17) is 4.98 Å². The number of pyridine rings is 1. The average Bonchev–Trinajstić information content (AvgIpc) is 2.96. The Balaban J connectivity index is 1.67. The number of amides is 2. The molecule has 27 heavy (non-hydrogen) atoms. The summed E-state index contributed by atoms with van der Waals surface area (Å²) < 4.78 is 0. The van der Waals surface area contributed by atoms with Gasteiger partial charge in [-0.3, -0.25) is 9.88 Å². The van der Waals surface area contributed by atoms with E-state index >= 15 is 0 Å². The Morgan fingerprint density at radius 3 is 2.33 bits per heavy atom. The number of carbonyl (C=O) groups is 1. The molecule has 0 aromatic carbocycles. The van der Waals surface area contributed by atoms with Gasteiger partial charge < -0.3 is 4.90 Å². The predicted octanol–water partition coefficient (Wildman–Crippen LogP) is 5.98. The minimum atomic E-state index is -0.105. The highest BCUT2D eigenvalue weighted by Crippen LogP contribution is 2.32. The lowest BCUT2D eigenvalue weighted by Gasteiger charge is -2.36. The van der Waals surface area contributed by atoms with Crippen LogP contribution in [0.25, 0.3) is 0 Å². The van der Waals surface area contributed by atoms with E-state index < -0.39 is 0 Å². The van der Waals surface area contributed by atoms with Crippen LogP contribution >= 0.6 is 0 Å². The number of hydrogen-bond acceptors (Lipinski definition) is 2. The maximum atomic E-state index is 13.0. The van der Waals surface area contributed by atoms with E-state index in [1.165, 1.54) is 50.6 Å². The Kier molecular flexibility index (Phi) is 6.44. The van der Waals surface area contributed by atoms with Crippen molar-refractivity contribution < 1.29 is 4.79 Å². The van der Waals surface area contributed by atoms with Crippen molar-refractivity contribution in [2.75, 3.05) is 18.0 Å². The van der Waals surface area contributed by atoms with Crippen LogP contribution in [0.3, 0.4) is 0 Å². The lowest BCUT2D eigenvalue weighted by molar-refractivity contribution is 0.144. The molecule has 2 heterocycles. The third-order valence-corrected chi connectivity index (χ3v) is 6.25. The fraction of sp³-hybridized carbons (Fsp3) is 0.739. The van der Waals surface area contributed by atoms with Crippen LogP contribution < -0.4 is 4.90 Å². The summed E-state index contributed by atoms with van der Waals surface area (Å²) in [7, 11) is 0. The van der Waals surface area contributed by atoms with Gasteiger partial charge in [-0.05, 0) is 51.2 Å². The molecule has 2 aliphatic rings. The third-order valence-electron chi connectivity index (χ3n) is 6.25. The molecule has 2 fully saturated rings. The quantitative estimate of drug-likeness (QED) is 0.638. The highest BCUT2D eigenvalue weighted by Gasteiger charge is 2.39. The molecule has 1 saturated heterocycles. The minimum absolute atomic E-state index is 0.105. The van der Waals surface area contributed by atoms with Gasteiger partial charge in [-0.15, -0.1) is 0 Å². The summed E-state index contributed by atoms with van der Waals surface area (Å²) in [5, 5.41) is 0. The first kappa shape index (κ1) is 20.2.